The first-order valence-corrected chi connectivity index (χ1v) is 18.1. The summed E-state index contributed by atoms with van der Waals surface area (Å²) in [5.74, 6) is 0.237. The highest BCUT2D eigenvalue weighted by Crippen LogP contribution is 2.50. The molecule has 6 rings (SSSR count). The van der Waals surface area contributed by atoms with Gasteiger partial charge in [0.2, 0.25) is 17.5 Å². The zero-order valence-electron chi connectivity index (χ0n) is 27.8. The normalized spacial score (nSPS) is 12.8. The standard InChI is InChI=1S/C38H40N5O6P/c1-29(45-24-30-14-6-2-7-15-30)34(22-23-50(44,47-26-32-18-10-4-11-19-32)48-27-33-20-12-5-13-21-33)49-43-28-40-35-36(43)41-38(39)42-37(35)46-25-31-16-8-3-9-17-31/h2-21,28-29,34H,22-27H2,1H3,(H2,39,41,42)/t29-,34+/m0/s1. The Labute approximate surface area is 291 Å². The van der Waals surface area contributed by atoms with E-state index in [9.17, 15) is 4.57 Å². The molecule has 0 saturated carbocycles. The van der Waals surface area contributed by atoms with Crippen LogP contribution in [0.2, 0.25) is 0 Å². The van der Waals surface area contributed by atoms with Crippen LogP contribution in [0.15, 0.2) is 128 Å². The molecule has 0 fully saturated rings. The molecule has 0 aliphatic carbocycles. The van der Waals surface area contributed by atoms with Gasteiger partial charge in [-0.25, -0.2) is 4.98 Å². The van der Waals surface area contributed by atoms with Crippen LogP contribution < -0.4 is 15.3 Å². The molecule has 50 heavy (non-hydrogen) atoms. The topological polar surface area (TPSA) is 133 Å². The van der Waals surface area contributed by atoms with Gasteiger partial charge in [0.25, 0.3) is 0 Å². The number of ether oxygens (including phenoxy) is 2. The number of benzene rings is 4. The van der Waals surface area contributed by atoms with Crippen molar-refractivity contribution in [1.82, 2.24) is 19.7 Å². The molecule has 2 aromatic heterocycles. The number of rotatable bonds is 18. The minimum absolute atomic E-state index is 0.00367. The van der Waals surface area contributed by atoms with Gasteiger partial charge < -0.3 is 29.1 Å². The summed E-state index contributed by atoms with van der Waals surface area (Å²) in [7, 11) is -3.64. The Hall–Kier alpha value is -5.06. The molecule has 0 bridgehead atoms. The van der Waals surface area contributed by atoms with Crippen molar-refractivity contribution in [3.63, 3.8) is 0 Å². The van der Waals surface area contributed by atoms with E-state index in [1.165, 1.54) is 11.1 Å². The maximum atomic E-state index is 14.3. The molecule has 0 aliphatic heterocycles. The summed E-state index contributed by atoms with van der Waals surface area (Å²) in [5.41, 5.74) is 10.6. The molecular formula is C38H40N5O6P. The summed E-state index contributed by atoms with van der Waals surface area (Å²) < 4.78 is 40.2. The van der Waals surface area contributed by atoms with E-state index in [1.807, 2.05) is 128 Å². The van der Waals surface area contributed by atoms with E-state index in [-0.39, 0.29) is 44.2 Å². The second-order valence-electron chi connectivity index (χ2n) is 11.7. The first-order valence-electron chi connectivity index (χ1n) is 16.4. The summed E-state index contributed by atoms with van der Waals surface area (Å²) in [6, 6.07) is 38.7. The van der Waals surface area contributed by atoms with E-state index in [1.54, 1.807) is 0 Å². The Bertz CT molecular complexity index is 1920. The van der Waals surface area contributed by atoms with Crippen molar-refractivity contribution in [3.8, 4) is 5.88 Å². The lowest BCUT2D eigenvalue weighted by Gasteiger charge is -2.27. The van der Waals surface area contributed by atoms with Gasteiger partial charge in [0.15, 0.2) is 11.6 Å². The maximum Gasteiger partial charge on any atom is 0.331 e. The van der Waals surface area contributed by atoms with Crippen molar-refractivity contribution in [2.75, 3.05) is 11.9 Å². The lowest BCUT2D eigenvalue weighted by atomic mass is 10.2. The minimum atomic E-state index is -3.64. The van der Waals surface area contributed by atoms with Crippen molar-refractivity contribution >= 4 is 24.7 Å². The van der Waals surface area contributed by atoms with Crippen molar-refractivity contribution in [3.05, 3.63) is 150 Å². The highest BCUT2D eigenvalue weighted by Gasteiger charge is 2.31. The van der Waals surface area contributed by atoms with E-state index < -0.39 is 19.8 Å². The molecule has 12 heteroatoms. The van der Waals surface area contributed by atoms with Crippen LogP contribution in [0.3, 0.4) is 0 Å². The summed E-state index contributed by atoms with van der Waals surface area (Å²) in [6.07, 6.45) is 0.718. The molecule has 2 N–H and O–H groups in total. The number of nitrogen functional groups attached to an aromatic ring is 1. The number of aromatic nitrogens is 4. The third kappa shape index (κ3) is 9.77. The summed E-state index contributed by atoms with van der Waals surface area (Å²) in [6.45, 7) is 2.80. The average Bonchev–Trinajstić information content (AvgIpc) is 3.56. The monoisotopic (exact) mass is 693 g/mol. The van der Waals surface area contributed by atoms with Gasteiger partial charge in [-0.1, -0.05) is 121 Å². The Morgan fingerprint density at radius 2 is 1.20 bits per heavy atom. The SMILES string of the molecule is C[C@H](OCc1ccccc1)[C@@H](CCP(=O)(OCc1ccccc1)OCc1ccccc1)On1cnc2c(OCc3ccccc3)nc(N)nc21. The first kappa shape index (κ1) is 34.8. The van der Waals surface area contributed by atoms with E-state index in [0.717, 1.165) is 22.3 Å². The Kier molecular flexibility index (Phi) is 11.9. The number of hydrogen-bond acceptors (Lipinski definition) is 10. The van der Waals surface area contributed by atoms with Crippen LogP contribution in [-0.2, 0) is 44.8 Å². The van der Waals surface area contributed by atoms with Gasteiger partial charge in [-0.05, 0) is 29.2 Å². The molecule has 0 radical (unpaired) electrons. The van der Waals surface area contributed by atoms with E-state index in [0.29, 0.717) is 17.8 Å². The van der Waals surface area contributed by atoms with Crippen LogP contribution >= 0.6 is 7.60 Å². The Balaban J connectivity index is 1.23. The highest BCUT2D eigenvalue weighted by molar-refractivity contribution is 7.53. The van der Waals surface area contributed by atoms with Gasteiger partial charge in [0.1, 0.15) is 12.9 Å². The lowest BCUT2D eigenvalue weighted by molar-refractivity contribution is -0.0742. The number of hydrogen-bond donors (Lipinski definition) is 1. The predicted octanol–water partition coefficient (Wildman–Crippen LogP) is 7.41. The van der Waals surface area contributed by atoms with Gasteiger partial charge in [0.05, 0.1) is 32.1 Å². The smallest absolute Gasteiger partial charge is 0.331 e. The van der Waals surface area contributed by atoms with Gasteiger partial charge in [-0.2, -0.15) is 14.7 Å². The molecule has 11 nitrogen and oxygen atoms in total. The molecular weight excluding hydrogens is 653 g/mol. The molecule has 2 heterocycles. The van der Waals surface area contributed by atoms with E-state index >= 15 is 0 Å². The van der Waals surface area contributed by atoms with E-state index in [2.05, 4.69) is 15.0 Å². The van der Waals surface area contributed by atoms with Crippen molar-refractivity contribution in [1.29, 1.82) is 0 Å². The largest absolute Gasteiger partial charge is 0.471 e. The maximum absolute atomic E-state index is 14.3. The summed E-state index contributed by atoms with van der Waals surface area (Å²) in [5, 5.41) is 0. The fraction of sp³-hybridized carbons (Fsp3) is 0.237. The van der Waals surface area contributed by atoms with Crippen LogP contribution in [0.1, 0.15) is 35.6 Å². The third-order valence-corrected chi connectivity index (χ3v) is 9.78. The molecule has 0 spiro atoms. The lowest BCUT2D eigenvalue weighted by Crippen LogP contribution is -2.37. The Morgan fingerprint density at radius 3 is 1.74 bits per heavy atom. The minimum Gasteiger partial charge on any atom is -0.471 e. The van der Waals surface area contributed by atoms with Crippen LogP contribution in [0.4, 0.5) is 5.95 Å². The van der Waals surface area contributed by atoms with Gasteiger partial charge >= 0.3 is 7.60 Å². The average molecular weight is 694 g/mol. The van der Waals surface area contributed by atoms with Gasteiger partial charge in [0, 0.05) is 6.42 Å². The molecule has 0 unspecified atom stereocenters. The molecule has 4 aromatic carbocycles. The van der Waals surface area contributed by atoms with Crippen LogP contribution in [0.5, 0.6) is 5.88 Å². The second kappa shape index (κ2) is 17.0. The first-order chi connectivity index (χ1) is 24.4. The van der Waals surface area contributed by atoms with Gasteiger partial charge in [-0.3, -0.25) is 4.57 Å². The quantitative estimate of drug-likeness (QED) is 0.0908. The van der Waals surface area contributed by atoms with Crippen molar-refractivity contribution in [2.45, 2.75) is 52.0 Å². The molecule has 0 aliphatic rings. The molecule has 0 saturated heterocycles. The van der Waals surface area contributed by atoms with Gasteiger partial charge in [-0.15, -0.1) is 0 Å². The van der Waals surface area contributed by atoms with Crippen molar-refractivity contribution in [2.24, 2.45) is 0 Å². The number of imidazole rings is 1. The summed E-state index contributed by atoms with van der Waals surface area (Å²) >= 11 is 0. The second-order valence-corrected chi connectivity index (χ2v) is 13.9. The fourth-order valence-electron chi connectivity index (χ4n) is 5.15. The molecule has 0 amide bonds. The van der Waals surface area contributed by atoms with Crippen LogP contribution in [0.25, 0.3) is 11.2 Å². The molecule has 2 atom stereocenters. The van der Waals surface area contributed by atoms with Crippen LogP contribution in [-0.4, -0.2) is 38.1 Å². The fourth-order valence-corrected chi connectivity index (χ4v) is 6.74. The number of fused-ring (bicyclic) bond motifs is 1. The van der Waals surface area contributed by atoms with Crippen LogP contribution in [0, 0.1) is 0 Å². The third-order valence-electron chi connectivity index (χ3n) is 7.93. The predicted molar refractivity (Wildman–Crippen MR) is 191 cm³/mol. The Morgan fingerprint density at radius 1 is 0.700 bits per heavy atom. The zero-order chi connectivity index (χ0) is 34.6. The zero-order valence-corrected chi connectivity index (χ0v) is 28.7. The summed E-state index contributed by atoms with van der Waals surface area (Å²) in [4.78, 5) is 19.7. The van der Waals surface area contributed by atoms with E-state index in [4.69, 9.17) is 29.1 Å². The number of nitrogens with two attached hydrogens (primary N) is 1. The number of anilines is 1. The highest BCUT2D eigenvalue weighted by atomic mass is 31.2. The van der Waals surface area contributed by atoms with Crippen molar-refractivity contribution < 1.29 is 27.9 Å². The molecule has 258 valence electrons. The number of nitrogens with zero attached hydrogens (tertiary/aromatic N) is 4. The molecule has 6 aromatic rings.